The van der Waals surface area contributed by atoms with Gasteiger partial charge in [-0.1, -0.05) is 6.92 Å². The van der Waals surface area contributed by atoms with Crippen LogP contribution in [0.15, 0.2) is 0 Å². The summed E-state index contributed by atoms with van der Waals surface area (Å²) < 4.78 is 0. The molecule has 0 radical (unpaired) electrons. The van der Waals surface area contributed by atoms with Crippen LogP contribution in [0.4, 0.5) is 0 Å². The molecule has 0 spiro atoms. The Labute approximate surface area is 76.3 Å². The Morgan fingerprint density at radius 1 is 1.33 bits per heavy atom. The monoisotopic (exact) mass is 168 g/mol. The third kappa shape index (κ3) is 7.59. The standard InChI is InChI=1S/C10H20N2/c1-4-6-7-8-11-9-10-12(3)5-2/h11H,5,7-10H2,1-3H3. The lowest BCUT2D eigenvalue weighted by molar-refractivity contribution is 0.350. The van der Waals surface area contributed by atoms with Gasteiger partial charge in [0.2, 0.25) is 0 Å². The van der Waals surface area contributed by atoms with Crippen molar-refractivity contribution in [3.05, 3.63) is 0 Å². The Balaban J connectivity index is 3.03. The third-order valence-electron chi connectivity index (χ3n) is 1.81. The highest BCUT2D eigenvalue weighted by Gasteiger charge is 1.91. The van der Waals surface area contributed by atoms with E-state index in [-0.39, 0.29) is 0 Å². The normalized spacial score (nSPS) is 9.67. The summed E-state index contributed by atoms with van der Waals surface area (Å²) in [7, 11) is 2.13. The van der Waals surface area contributed by atoms with E-state index in [4.69, 9.17) is 0 Å². The maximum atomic E-state index is 3.34. The molecule has 0 fully saturated rings. The van der Waals surface area contributed by atoms with Crippen molar-refractivity contribution in [2.24, 2.45) is 0 Å². The van der Waals surface area contributed by atoms with Crippen molar-refractivity contribution in [2.75, 3.05) is 33.2 Å². The Morgan fingerprint density at radius 3 is 2.67 bits per heavy atom. The molecule has 12 heavy (non-hydrogen) atoms. The first kappa shape index (κ1) is 11.5. The molecule has 0 heterocycles. The van der Waals surface area contributed by atoms with Gasteiger partial charge in [0.25, 0.3) is 0 Å². The van der Waals surface area contributed by atoms with Gasteiger partial charge in [-0.3, -0.25) is 0 Å². The summed E-state index contributed by atoms with van der Waals surface area (Å²) in [6, 6.07) is 0. The second-order valence-electron chi connectivity index (χ2n) is 2.82. The van der Waals surface area contributed by atoms with Crippen LogP contribution in [0, 0.1) is 11.8 Å². The van der Waals surface area contributed by atoms with Crippen molar-refractivity contribution in [1.82, 2.24) is 10.2 Å². The van der Waals surface area contributed by atoms with Gasteiger partial charge in [0.15, 0.2) is 0 Å². The quantitative estimate of drug-likeness (QED) is 0.469. The minimum Gasteiger partial charge on any atom is -0.315 e. The topological polar surface area (TPSA) is 15.3 Å². The second kappa shape index (κ2) is 8.58. The summed E-state index contributed by atoms with van der Waals surface area (Å²) in [5.74, 6) is 5.90. The zero-order chi connectivity index (χ0) is 9.23. The van der Waals surface area contributed by atoms with Crippen LogP contribution in [0.3, 0.4) is 0 Å². The fraction of sp³-hybridized carbons (Fsp3) is 0.800. The van der Waals surface area contributed by atoms with E-state index in [9.17, 15) is 0 Å². The molecule has 0 rings (SSSR count). The number of nitrogens with zero attached hydrogens (tertiary/aromatic N) is 1. The van der Waals surface area contributed by atoms with Gasteiger partial charge in [-0.25, -0.2) is 0 Å². The predicted molar refractivity (Wildman–Crippen MR) is 54.1 cm³/mol. The highest BCUT2D eigenvalue weighted by molar-refractivity contribution is 4.95. The summed E-state index contributed by atoms with van der Waals surface area (Å²) in [5.41, 5.74) is 0. The minimum absolute atomic E-state index is 0.965. The predicted octanol–water partition coefficient (Wildman–Crippen LogP) is 0.941. The van der Waals surface area contributed by atoms with E-state index in [1.54, 1.807) is 0 Å². The van der Waals surface area contributed by atoms with E-state index in [0.717, 1.165) is 32.6 Å². The molecule has 70 valence electrons. The van der Waals surface area contributed by atoms with E-state index in [1.165, 1.54) is 0 Å². The highest BCUT2D eigenvalue weighted by Crippen LogP contribution is 1.78. The van der Waals surface area contributed by atoms with E-state index in [0.29, 0.717) is 0 Å². The van der Waals surface area contributed by atoms with Gasteiger partial charge < -0.3 is 10.2 Å². The molecule has 0 bridgehead atoms. The summed E-state index contributed by atoms with van der Waals surface area (Å²) in [4.78, 5) is 2.29. The largest absolute Gasteiger partial charge is 0.315 e. The van der Waals surface area contributed by atoms with Crippen LogP contribution in [0.2, 0.25) is 0 Å². The number of rotatable bonds is 6. The lowest BCUT2D eigenvalue weighted by Gasteiger charge is -2.13. The maximum Gasteiger partial charge on any atom is 0.0214 e. The first-order valence-corrected chi connectivity index (χ1v) is 4.60. The van der Waals surface area contributed by atoms with Gasteiger partial charge in [-0.05, 0) is 20.5 Å². The molecule has 0 aromatic heterocycles. The fourth-order valence-electron chi connectivity index (χ4n) is 0.829. The van der Waals surface area contributed by atoms with E-state index < -0.39 is 0 Å². The Bertz CT molecular complexity index is 144. The number of hydrogen-bond acceptors (Lipinski definition) is 2. The molecule has 0 atom stereocenters. The van der Waals surface area contributed by atoms with Crippen LogP contribution in [0.5, 0.6) is 0 Å². The molecule has 0 saturated carbocycles. The number of hydrogen-bond donors (Lipinski definition) is 1. The number of nitrogens with one attached hydrogen (secondary N) is 1. The third-order valence-corrected chi connectivity index (χ3v) is 1.81. The molecule has 0 aromatic rings. The molecule has 2 heteroatoms. The maximum absolute atomic E-state index is 3.34. The smallest absolute Gasteiger partial charge is 0.0214 e. The molecule has 0 unspecified atom stereocenters. The lowest BCUT2D eigenvalue weighted by atomic mass is 10.4. The van der Waals surface area contributed by atoms with Gasteiger partial charge >= 0.3 is 0 Å². The van der Waals surface area contributed by atoms with Gasteiger partial charge in [-0.2, -0.15) is 0 Å². The minimum atomic E-state index is 0.965. The van der Waals surface area contributed by atoms with Crippen LogP contribution in [-0.2, 0) is 0 Å². The van der Waals surface area contributed by atoms with E-state index in [2.05, 4.69) is 36.0 Å². The van der Waals surface area contributed by atoms with Crippen LogP contribution < -0.4 is 5.32 Å². The lowest BCUT2D eigenvalue weighted by Crippen LogP contribution is -2.29. The van der Waals surface area contributed by atoms with Crippen LogP contribution >= 0.6 is 0 Å². The number of likely N-dealkylation sites (N-methyl/N-ethyl adjacent to an activating group) is 1. The van der Waals surface area contributed by atoms with Crippen molar-refractivity contribution in [2.45, 2.75) is 20.3 Å². The summed E-state index contributed by atoms with van der Waals surface area (Å²) in [6.07, 6.45) is 0.965. The van der Waals surface area contributed by atoms with Gasteiger partial charge in [0.05, 0.1) is 0 Å². The van der Waals surface area contributed by atoms with Gasteiger partial charge in [0, 0.05) is 26.1 Å². The molecule has 2 nitrogen and oxygen atoms in total. The SMILES string of the molecule is CC#CCCNCCN(C)CC. The molecular weight excluding hydrogens is 148 g/mol. The average molecular weight is 168 g/mol. The van der Waals surface area contributed by atoms with Gasteiger partial charge in [-0.15, -0.1) is 11.8 Å². The van der Waals surface area contributed by atoms with E-state index >= 15 is 0 Å². The molecule has 0 aromatic carbocycles. The van der Waals surface area contributed by atoms with Crippen molar-refractivity contribution in [3.63, 3.8) is 0 Å². The van der Waals surface area contributed by atoms with Crippen molar-refractivity contribution >= 4 is 0 Å². The van der Waals surface area contributed by atoms with Crippen molar-refractivity contribution < 1.29 is 0 Å². The van der Waals surface area contributed by atoms with Crippen LogP contribution in [0.25, 0.3) is 0 Å². The molecular formula is C10H20N2. The summed E-state index contributed by atoms with van der Waals surface area (Å²) in [6.45, 7) is 8.37. The first-order valence-electron chi connectivity index (χ1n) is 4.60. The van der Waals surface area contributed by atoms with Crippen LogP contribution in [-0.4, -0.2) is 38.1 Å². The zero-order valence-electron chi connectivity index (χ0n) is 8.48. The molecule has 0 saturated heterocycles. The zero-order valence-corrected chi connectivity index (χ0v) is 8.48. The molecule has 0 amide bonds. The van der Waals surface area contributed by atoms with Crippen molar-refractivity contribution in [3.8, 4) is 11.8 Å². The molecule has 0 aliphatic heterocycles. The van der Waals surface area contributed by atoms with Gasteiger partial charge in [0.1, 0.15) is 0 Å². The van der Waals surface area contributed by atoms with Crippen molar-refractivity contribution in [1.29, 1.82) is 0 Å². The first-order chi connectivity index (χ1) is 5.81. The molecule has 1 N–H and O–H groups in total. The Kier molecular flexibility index (Phi) is 8.20. The highest BCUT2D eigenvalue weighted by atomic mass is 15.1. The summed E-state index contributed by atoms with van der Waals surface area (Å²) >= 11 is 0. The van der Waals surface area contributed by atoms with Crippen LogP contribution in [0.1, 0.15) is 20.3 Å². The average Bonchev–Trinajstić information content (AvgIpc) is 2.10. The second-order valence-corrected chi connectivity index (χ2v) is 2.82. The fourth-order valence-corrected chi connectivity index (χ4v) is 0.829. The van der Waals surface area contributed by atoms with E-state index in [1.807, 2.05) is 6.92 Å². The molecule has 0 aliphatic rings. The molecule has 0 aliphatic carbocycles. The summed E-state index contributed by atoms with van der Waals surface area (Å²) in [5, 5.41) is 3.34. The Hall–Kier alpha value is -0.520. The Morgan fingerprint density at radius 2 is 2.08 bits per heavy atom.